The molecule has 1 fully saturated rings. The van der Waals surface area contributed by atoms with E-state index in [4.69, 9.17) is 4.42 Å². The second kappa shape index (κ2) is 7.94. The van der Waals surface area contributed by atoms with Crippen molar-refractivity contribution < 1.29 is 14.0 Å². The first-order valence-electron chi connectivity index (χ1n) is 10.4. The lowest BCUT2D eigenvalue weighted by Gasteiger charge is -2.35. The smallest absolute Gasteiger partial charge is 0.229 e. The fraction of sp³-hybridized carbons (Fsp3) is 0.375. The summed E-state index contributed by atoms with van der Waals surface area (Å²) in [6.45, 7) is 6.94. The number of carbonyl (C=O) groups is 2. The van der Waals surface area contributed by atoms with Crippen LogP contribution in [0.2, 0.25) is 0 Å². The first-order valence-corrected chi connectivity index (χ1v) is 10.4. The van der Waals surface area contributed by atoms with Crippen LogP contribution in [0.3, 0.4) is 0 Å². The van der Waals surface area contributed by atoms with Crippen LogP contribution in [-0.4, -0.2) is 34.8 Å². The Morgan fingerprint density at radius 2 is 1.83 bits per heavy atom. The lowest BCUT2D eigenvalue weighted by atomic mass is 9.91. The van der Waals surface area contributed by atoms with Crippen LogP contribution in [-0.2, 0) is 9.59 Å². The van der Waals surface area contributed by atoms with E-state index in [1.165, 1.54) is 0 Å². The Morgan fingerprint density at radius 3 is 2.53 bits per heavy atom. The Bertz CT molecular complexity index is 1030. The van der Waals surface area contributed by atoms with E-state index in [0.717, 1.165) is 41.7 Å². The minimum absolute atomic E-state index is 0.0454. The highest BCUT2D eigenvalue weighted by Gasteiger charge is 2.33. The number of benzene rings is 2. The van der Waals surface area contributed by atoms with Gasteiger partial charge in [-0.25, -0.2) is 4.98 Å². The van der Waals surface area contributed by atoms with Gasteiger partial charge in [-0.2, -0.15) is 0 Å². The predicted molar refractivity (Wildman–Crippen MR) is 117 cm³/mol. The number of carbonyl (C=O) groups excluding carboxylic acids is 2. The predicted octanol–water partition coefficient (Wildman–Crippen LogP) is 4.72. The average molecular weight is 405 g/mol. The maximum Gasteiger partial charge on any atom is 0.229 e. The molecule has 156 valence electrons. The molecule has 1 saturated heterocycles. The molecule has 1 unspecified atom stereocenters. The van der Waals surface area contributed by atoms with Crippen molar-refractivity contribution in [2.45, 2.75) is 33.6 Å². The van der Waals surface area contributed by atoms with E-state index >= 15 is 0 Å². The third kappa shape index (κ3) is 4.22. The van der Waals surface area contributed by atoms with Gasteiger partial charge in [-0.3, -0.25) is 9.59 Å². The molecule has 0 aliphatic carbocycles. The van der Waals surface area contributed by atoms with Crippen LogP contribution in [0.15, 0.2) is 52.9 Å². The molecule has 0 spiro atoms. The van der Waals surface area contributed by atoms with E-state index in [9.17, 15) is 9.59 Å². The number of likely N-dealkylation sites (tertiary alicyclic amines) is 1. The number of nitrogens with one attached hydrogen (secondary N) is 1. The molecule has 1 N–H and O–H groups in total. The summed E-state index contributed by atoms with van der Waals surface area (Å²) in [5.41, 5.74) is 2.70. The maximum atomic E-state index is 12.8. The highest BCUT2D eigenvalue weighted by molar-refractivity contribution is 5.93. The van der Waals surface area contributed by atoms with Crippen LogP contribution in [0.5, 0.6) is 0 Å². The molecule has 6 heteroatoms. The summed E-state index contributed by atoms with van der Waals surface area (Å²) in [6, 6.07) is 15.1. The van der Waals surface area contributed by atoms with Crippen LogP contribution in [0.1, 0.15) is 33.6 Å². The van der Waals surface area contributed by atoms with Gasteiger partial charge in [-0.05, 0) is 49.2 Å². The van der Waals surface area contributed by atoms with Gasteiger partial charge in [0, 0.05) is 29.8 Å². The Kier molecular flexibility index (Phi) is 5.33. The Morgan fingerprint density at radius 1 is 1.10 bits per heavy atom. The van der Waals surface area contributed by atoms with Crippen molar-refractivity contribution in [1.82, 2.24) is 9.88 Å². The first kappa shape index (κ1) is 20.1. The number of fused-ring (bicyclic) bond motifs is 1. The van der Waals surface area contributed by atoms with Crippen molar-refractivity contribution in [3.8, 4) is 11.5 Å². The monoisotopic (exact) mass is 405 g/mol. The summed E-state index contributed by atoms with van der Waals surface area (Å²) < 4.78 is 5.80. The molecule has 3 aromatic rings. The minimum Gasteiger partial charge on any atom is -0.436 e. The standard InChI is InChI=1S/C24H27N3O3/c1-24(2,3)23(29)27-14-6-7-17(15-27)21(28)25-18-12-10-16(11-13-18)22-26-19-8-4-5-9-20(19)30-22/h4-5,8-13,17H,6-7,14-15H2,1-3H3,(H,25,28). The molecule has 6 nitrogen and oxygen atoms in total. The zero-order valence-electron chi connectivity index (χ0n) is 17.6. The fourth-order valence-electron chi connectivity index (χ4n) is 3.79. The molecule has 2 aromatic carbocycles. The molecule has 2 amide bonds. The Hall–Kier alpha value is -3.15. The van der Waals surface area contributed by atoms with Gasteiger partial charge in [0.1, 0.15) is 5.52 Å². The maximum absolute atomic E-state index is 12.8. The number of hydrogen-bond acceptors (Lipinski definition) is 4. The van der Waals surface area contributed by atoms with Crippen LogP contribution in [0, 0.1) is 11.3 Å². The van der Waals surface area contributed by atoms with Crippen molar-refractivity contribution in [2.75, 3.05) is 18.4 Å². The van der Waals surface area contributed by atoms with E-state index in [-0.39, 0.29) is 17.7 Å². The molecule has 4 rings (SSSR count). The van der Waals surface area contributed by atoms with Crippen LogP contribution >= 0.6 is 0 Å². The van der Waals surface area contributed by atoms with Crippen LogP contribution in [0.25, 0.3) is 22.6 Å². The Balaban J connectivity index is 1.41. The first-order chi connectivity index (χ1) is 14.3. The van der Waals surface area contributed by atoms with E-state index in [1.54, 1.807) is 0 Å². The molecule has 2 heterocycles. The van der Waals surface area contributed by atoms with E-state index in [2.05, 4.69) is 10.3 Å². The normalized spacial score (nSPS) is 17.2. The number of para-hydroxylation sites is 2. The van der Waals surface area contributed by atoms with Gasteiger partial charge in [0.2, 0.25) is 17.7 Å². The van der Waals surface area contributed by atoms with Gasteiger partial charge in [-0.15, -0.1) is 0 Å². The lowest BCUT2D eigenvalue weighted by molar-refractivity contribution is -0.142. The molecular formula is C24H27N3O3. The highest BCUT2D eigenvalue weighted by atomic mass is 16.3. The van der Waals surface area contributed by atoms with E-state index < -0.39 is 5.41 Å². The number of anilines is 1. The molecule has 1 aliphatic heterocycles. The summed E-state index contributed by atoms with van der Waals surface area (Å²) in [6.07, 6.45) is 1.64. The fourth-order valence-corrected chi connectivity index (χ4v) is 3.79. The van der Waals surface area contributed by atoms with Crippen LogP contribution < -0.4 is 5.32 Å². The summed E-state index contributed by atoms with van der Waals surface area (Å²) in [4.78, 5) is 31.7. The number of amides is 2. The van der Waals surface area contributed by atoms with Crippen molar-refractivity contribution in [2.24, 2.45) is 11.3 Å². The highest BCUT2D eigenvalue weighted by Crippen LogP contribution is 2.27. The largest absolute Gasteiger partial charge is 0.436 e. The second-order valence-electron chi connectivity index (χ2n) is 8.89. The lowest BCUT2D eigenvalue weighted by Crippen LogP contribution is -2.47. The quantitative estimate of drug-likeness (QED) is 0.684. The molecule has 1 aliphatic rings. The summed E-state index contributed by atoms with van der Waals surface area (Å²) in [5, 5.41) is 2.99. The van der Waals surface area contributed by atoms with E-state index in [1.807, 2.05) is 74.2 Å². The van der Waals surface area contributed by atoms with Gasteiger partial charge in [0.05, 0.1) is 5.92 Å². The summed E-state index contributed by atoms with van der Waals surface area (Å²) >= 11 is 0. The third-order valence-electron chi connectivity index (χ3n) is 5.41. The SMILES string of the molecule is CC(C)(C)C(=O)N1CCCC(C(=O)Nc2ccc(-c3nc4ccccc4o3)cc2)C1. The van der Waals surface area contributed by atoms with Gasteiger partial charge in [0.25, 0.3) is 0 Å². The van der Waals surface area contributed by atoms with Gasteiger partial charge in [-0.1, -0.05) is 32.9 Å². The van der Waals surface area contributed by atoms with Crippen molar-refractivity contribution in [3.05, 3.63) is 48.5 Å². The van der Waals surface area contributed by atoms with E-state index in [0.29, 0.717) is 12.4 Å². The van der Waals surface area contributed by atoms with Crippen molar-refractivity contribution in [3.63, 3.8) is 0 Å². The zero-order chi connectivity index (χ0) is 21.3. The molecule has 1 aromatic heterocycles. The number of hydrogen-bond donors (Lipinski definition) is 1. The average Bonchev–Trinajstić information content (AvgIpc) is 3.17. The third-order valence-corrected chi connectivity index (χ3v) is 5.41. The number of nitrogens with zero attached hydrogens (tertiary/aromatic N) is 2. The number of aromatic nitrogens is 1. The summed E-state index contributed by atoms with van der Waals surface area (Å²) in [5.74, 6) is 0.415. The van der Waals surface area contributed by atoms with Gasteiger partial charge in [0.15, 0.2) is 5.58 Å². The van der Waals surface area contributed by atoms with Gasteiger partial charge >= 0.3 is 0 Å². The van der Waals surface area contributed by atoms with Crippen molar-refractivity contribution >= 4 is 28.6 Å². The van der Waals surface area contributed by atoms with Crippen molar-refractivity contribution in [1.29, 1.82) is 0 Å². The molecule has 0 bridgehead atoms. The molecule has 0 saturated carbocycles. The topological polar surface area (TPSA) is 75.4 Å². The summed E-state index contributed by atoms with van der Waals surface area (Å²) in [7, 11) is 0. The number of rotatable bonds is 3. The van der Waals surface area contributed by atoms with Gasteiger partial charge < -0.3 is 14.6 Å². The minimum atomic E-state index is -0.432. The zero-order valence-corrected chi connectivity index (χ0v) is 17.6. The molecule has 0 radical (unpaired) electrons. The number of oxazole rings is 1. The molecule has 30 heavy (non-hydrogen) atoms. The molecule has 1 atom stereocenters. The molecular weight excluding hydrogens is 378 g/mol. The Labute approximate surface area is 176 Å². The second-order valence-corrected chi connectivity index (χ2v) is 8.89. The number of piperidine rings is 1. The van der Waals surface area contributed by atoms with Crippen LogP contribution in [0.4, 0.5) is 5.69 Å².